The molecule has 1 aliphatic carbocycles. The molecule has 0 aliphatic heterocycles. The van der Waals surface area contributed by atoms with Gasteiger partial charge in [0.05, 0.1) is 12.3 Å². The largest absolute Gasteiger partial charge is 0.481 e. The maximum Gasteiger partial charge on any atom is 0.315 e. The van der Waals surface area contributed by atoms with Crippen LogP contribution in [0.15, 0.2) is 0 Å². The summed E-state index contributed by atoms with van der Waals surface area (Å²) in [6.07, 6.45) is 4.72. The van der Waals surface area contributed by atoms with Gasteiger partial charge in [-0.3, -0.25) is 9.59 Å². The summed E-state index contributed by atoms with van der Waals surface area (Å²) in [6.45, 7) is -0.180. The Kier molecular flexibility index (Phi) is 6.11. The number of carboxylic acid groups (broad SMARTS) is 2. The predicted octanol–water partition coefficient (Wildman–Crippen LogP) is 0.794. The zero-order valence-corrected chi connectivity index (χ0v) is 10.7. The molecule has 1 rings (SSSR count). The van der Waals surface area contributed by atoms with Crippen molar-refractivity contribution >= 4 is 18.0 Å². The molecule has 2 amide bonds. The predicted molar refractivity (Wildman–Crippen MR) is 66.8 cm³/mol. The van der Waals surface area contributed by atoms with Crippen LogP contribution in [0.3, 0.4) is 0 Å². The van der Waals surface area contributed by atoms with Gasteiger partial charge in [-0.2, -0.15) is 0 Å². The van der Waals surface area contributed by atoms with Crippen LogP contribution in [0, 0.1) is 5.92 Å². The number of hydrogen-bond donors (Lipinski definition) is 4. The van der Waals surface area contributed by atoms with Gasteiger partial charge in [-0.25, -0.2) is 4.79 Å². The standard InChI is InChI=1S/C12H20N2O5/c15-10(16)6-8(11(17)18)7-13-12(19)14-9-4-2-1-3-5-9/h8-9H,1-7H2,(H,15,16)(H,17,18)(H2,13,14,19). The summed E-state index contributed by atoms with van der Waals surface area (Å²) in [4.78, 5) is 32.8. The lowest BCUT2D eigenvalue weighted by Crippen LogP contribution is -2.45. The number of rotatable bonds is 6. The van der Waals surface area contributed by atoms with Crippen molar-refractivity contribution in [3.05, 3.63) is 0 Å². The van der Waals surface area contributed by atoms with Gasteiger partial charge in [0.2, 0.25) is 0 Å². The first kappa shape index (κ1) is 15.3. The lowest BCUT2D eigenvalue weighted by atomic mass is 9.96. The number of carboxylic acids is 2. The Balaban J connectivity index is 2.30. The zero-order valence-electron chi connectivity index (χ0n) is 10.7. The second-order valence-electron chi connectivity index (χ2n) is 4.82. The molecule has 108 valence electrons. The first-order chi connectivity index (χ1) is 8.99. The van der Waals surface area contributed by atoms with Crippen LogP contribution in [0.1, 0.15) is 38.5 Å². The number of amides is 2. The van der Waals surface area contributed by atoms with Gasteiger partial charge in [-0.05, 0) is 12.8 Å². The topological polar surface area (TPSA) is 116 Å². The molecule has 0 spiro atoms. The highest BCUT2D eigenvalue weighted by molar-refractivity contribution is 5.79. The number of hydrogen-bond acceptors (Lipinski definition) is 3. The van der Waals surface area contributed by atoms with Crippen molar-refractivity contribution in [1.82, 2.24) is 10.6 Å². The molecular formula is C12H20N2O5. The Morgan fingerprint density at radius 2 is 1.74 bits per heavy atom. The zero-order chi connectivity index (χ0) is 14.3. The molecule has 0 aromatic carbocycles. The first-order valence-corrected chi connectivity index (χ1v) is 6.48. The number of carbonyl (C=O) groups excluding carboxylic acids is 1. The Morgan fingerprint density at radius 3 is 2.26 bits per heavy atom. The van der Waals surface area contributed by atoms with Crippen LogP contribution in [0.4, 0.5) is 4.79 Å². The minimum absolute atomic E-state index is 0.136. The van der Waals surface area contributed by atoms with Crippen molar-refractivity contribution in [1.29, 1.82) is 0 Å². The maximum absolute atomic E-state index is 11.6. The molecular weight excluding hydrogens is 252 g/mol. The third-order valence-corrected chi connectivity index (χ3v) is 3.22. The SMILES string of the molecule is O=C(O)CC(CNC(=O)NC1CCCCC1)C(=O)O. The number of urea groups is 1. The van der Waals surface area contributed by atoms with E-state index in [0.29, 0.717) is 0 Å². The Bertz CT molecular complexity index is 339. The van der Waals surface area contributed by atoms with Crippen molar-refractivity contribution in [3.63, 3.8) is 0 Å². The summed E-state index contributed by atoms with van der Waals surface area (Å²) in [5.41, 5.74) is 0. The van der Waals surface area contributed by atoms with E-state index in [4.69, 9.17) is 10.2 Å². The van der Waals surface area contributed by atoms with Crippen LogP contribution in [-0.4, -0.2) is 40.8 Å². The fraction of sp³-hybridized carbons (Fsp3) is 0.750. The fourth-order valence-electron chi connectivity index (χ4n) is 2.16. The van der Waals surface area contributed by atoms with Crippen LogP contribution in [0.2, 0.25) is 0 Å². The second-order valence-corrected chi connectivity index (χ2v) is 4.82. The molecule has 1 atom stereocenters. The van der Waals surface area contributed by atoms with E-state index in [1.54, 1.807) is 0 Å². The van der Waals surface area contributed by atoms with E-state index in [9.17, 15) is 14.4 Å². The third-order valence-electron chi connectivity index (χ3n) is 3.22. The van der Waals surface area contributed by atoms with Crippen molar-refractivity contribution in [2.24, 2.45) is 5.92 Å². The summed E-state index contributed by atoms with van der Waals surface area (Å²) in [5, 5.41) is 22.6. The molecule has 0 radical (unpaired) electrons. The highest BCUT2D eigenvalue weighted by atomic mass is 16.4. The fourth-order valence-corrected chi connectivity index (χ4v) is 2.16. The quantitative estimate of drug-likeness (QED) is 0.570. The van der Waals surface area contributed by atoms with E-state index in [0.717, 1.165) is 25.7 Å². The average molecular weight is 272 g/mol. The molecule has 0 aromatic heterocycles. The van der Waals surface area contributed by atoms with E-state index in [1.165, 1.54) is 6.42 Å². The van der Waals surface area contributed by atoms with Crippen LogP contribution in [0.25, 0.3) is 0 Å². The summed E-state index contributed by atoms with van der Waals surface area (Å²) in [6, 6.07) is -0.292. The normalized spacial score (nSPS) is 17.5. The highest BCUT2D eigenvalue weighted by Crippen LogP contribution is 2.17. The van der Waals surface area contributed by atoms with Gasteiger partial charge in [-0.15, -0.1) is 0 Å². The van der Waals surface area contributed by atoms with E-state index in [-0.39, 0.29) is 12.6 Å². The van der Waals surface area contributed by atoms with E-state index < -0.39 is 30.3 Å². The maximum atomic E-state index is 11.6. The molecule has 0 aromatic rings. The first-order valence-electron chi connectivity index (χ1n) is 6.48. The molecule has 7 nitrogen and oxygen atoms in total. The monoisotopic (exact) mass is 272 g/mol. The molecule has 0 heterocycles. The number of carbonyl (C=O) groups is 3. The van der Waals surface area contributed by atoms with Crippen LogP contribution in [-0.2, 0) is 9.59 Å². The molecule has 0 bridgehead atoms. The van der Waals surface area contributed by atoms with Gasteiger partial charge in [0.15, 0.2) is 0 Å². The summed E-state index contributed by atoms with van der Waals surface area (Å²) in [7, 11) is 0. The number of aliphatic carboxylic acids is 2. The van der Waals surface area contributed by atoms with Gasteiger partial charge in [0, 0.05) is 12.6 Å². The van der Waals surface area contributed by atoms with Crippen LogP contribution in [0.5, 0.6) is 0 Å². The minimum Gasteiger partial charge on any atom is -0.481 e. The Labute approximate surface area is 111 Å². The van der Waals surface area contributed by atoms with Crippen molar-refractivity contribution < 1.29 is 24.6 Å². The molecule has 7 heteroatoms. The van der Waals surface area contributed by atoms with Crippen molar-refractivity contribution in [2.45, 2.75) is 44.6 Å². The smallest absolute Gasteiger partial charge is 0.315 e. The van der Waals surface area contributed by atoms with Crippen LogP contribution >= 0.6 is 0 Å². The lowest BCUT2D eigenvalue weighted by molar-refractivity contribution is -0.148. The van der Waals surface area contributed by atoms with Crippen LogP contribution < -0.4 is 10.6 Å². The van der Waals surface area contributed by atoms with Gasteiger partial charge >= 0.3 is 18.0 Å². The van der Waals surface area contributed by atoms with Gasteiger partial charge in [0.25, 0.3) is 0 Å². The molecule has 1 saturated carbocycles. The minimum atomic E-state index is -1.22. The summed E-state index contributed by atoms with van der Waals surface area (Å²) < 4.78 is 0. The second kappa shape index (κ2) is 7.60. The molecule has 1 fully saturated rings. The lowest BCUT2D eigenvalue weighted by Gasteiger charge is -2.23. The number of nitrogens with one attached hydrogen (secondary N) is 2. The summed E-state index contributed by atoms with van der Waals surface area (Å²) in [5.74, 6) is -3.52. The molecule has 1 unspecified atom stereocenters. The van der Waals surface area contributed by atoms with E-state index in [2.05, 4.69) is 10.6 Å². The highest BCUT2D eigenvalue weighted by Gasteiger charge is 2.22. The summed E-state index contributed by atoms with van der Waals surface area (Å²) >= 11 is 0. The Hall–Kier alpha value is -1.79. The average Bonchev–Trinajstić information content (AvgIpc) is 2.35. The van der Waals surface area contributed by atoms with Gasteiger partial charge < -0.3 is 20.8 Å². The van der Waals surface area contributed by atoms with E-state index in [1.807, 2.05) is 0 Å². The molecule has 0 saturated heterocycles. The molecule has 1 aliphatic rings. The van der Waals surface area contributed by atoms with Crippen molar-refractivity contribution in [3.8, 4) is 0 Å². The van der Waals surface area contributed by atoms with Crippen molar-refractivity contribution in [2.75, 3.05) is 6.54 Å². The van der Waals surface area contributed by atoms with E-state index >= 15 is 0 Å². The Morgan fingerprint density at radius 1 is 1.11 bits per heavy atom. The van der Waals surface area contributed by atoms with Gasteiger partial charge in [0.1, 0.15) is 0 Å². The molecule has 19 heavy (non-hydrogen) atoms. The molecule has 4 N–H and O–H groups in total. The van der Waals surface area contributed by atoms with Gasteiger partial charge in [-0.1, -0.05) is 19.3 Å². The third kappa shape index (κ3) is 6.08.